The molecule has 7 heteroatoms. The monoisotopic (exact) mass is 448 g/mol. The molecule has 0 saturated carbocycles. The zero-order chi connectivity index (χ0) is 23.4. The van der Waals surface area contributed by atoms with Gasteiger partial charge in [0.2, 0.25) is 11.2 Å². The van der Waals surface area contributed by atoms with Crippen LogP contribution < -0.4 is 14.9 Å². The van der Waals surface area contributed by atoms with Gasteiger partial charge in [0.05, 0.1) is 24.7 Å². The first-order valence-electron chi connectivity index (χ1n) is 10.3. The molecule has 0 aliphatic carbocycles. The van der Waals surface area contributed by atoms with Gasteiger partial charge in [-0.3, -0.25) is 4.79 Å². The lowest BCUT2D eigenvalue weighted by Crippen LogP contribution is -2.15. The molecule has 1 heterocycles. The van der Waals surface area contributed by atoms with Crippen molar-refractivity contribution in [2.24, 2.45) is 0 Å². The molecule has 0 atom stereocenters. The molecule has 168 valence electrons. The van der Waals surface area contributed by atoms with E-state index in [1.54, 1.807) is 61.5 Å². The van der Waals surface area contributed by atoms with Crippen molar-refractivity contribution in [2.45, 2.75) is 13.5 Å². The normalized spacial score (nSPS) is 10.8. The number of hydrogen-bond donors (Lipinski definition) is 0. The van der Waals surface area contributed by atoms with Gasteiger partial charge in [-0.2, -0.15) is 0 Å². The van der Waals surface area contributed by atoms with Gasteiger partial charge in [0.25, 0.3) is 0 Å². The van der Waals surface area contributed by atoms with Gasteiger partial charge in [-0.1, -0.05) is 30.3 Å². The maximum Gasteiger partial charge on any atom is 0.375 e. The molecule has 0 aliphatic rings. The average molecular weight is 448 g/mol. The smallest absolute Gasteiger partial charge is 0.375 e. The summed E-state index contributed by atoms with van der Waals surface area (Å²) in [7, 11) is 1.54. The highest BCUT2D eigenvalue weighted by Gasteiger charge is 2.23. The van der Waals surface area contributed by atoms with E-state index in [-0.39, 0.29) is 46.8 Å². The molecule has 0 saturated heterocycles. The van der Waals surface area contributed by atoms with E-state index in [4.69, 9.17) is 18.6 Å². The highest BCUT2D eigenvalue weighted by Crippen LogP contribution is 2.29. The van der Waals surface area contributed by atoms with Gasteiger partial charge in [-0.15, -0.1) is 0 Å². The number of fused-ring (bicyclic) bond motifs is 1. The van der Waals surface area contributed by atoms with Crippen molar-refractivity contribution in [1.29, 1.82) is 0 Å². The lowest BCUT2D eigenvalue weighted by molar-refractivity contribution is 0.0492. The summed E-state index contributed by atoms with van der Waals surface area (Å²) in [6.07, 6.45) is 0. The summed E-state index contributed by atoms with van der Waals surface area (Å²) in [6, 6.07) is 17.7. The number of methoxy groups -OCH3 is 1. The predicted octanol–water partition coefficient (Wildman–Crippen LogP) is 5.36. The number of carbonyl (C=O) groups is 1. The Labute approximate surface area is 189 Å². The molecule has 0 bridgehead atoms. The van der Waals surface area contributed by atoms with Crippen molar-refractivity contribution in [2.75, 3.05) is 13.7 Å². The van der Waals surface area contributed by atoms with E-state index >= 15 is 0 Å². The summed E-state index contributed by atoms with van der Waals surface area (Å²) >= 11 is 0. The van der Waals surface area contributed by atoms with Gasteiger partial charge in [-0.05, 0) is 42.8 Å². The van der Waals surface area contributed by atoms with Crippen molar-refractivity contribution in [1.82, 2.24) is 0 Å². The minimum absolute atomic E-state index is 0.00290. The van der Waals surface area contributed by atoms with Crippen LogP contribution in [0.25, 0.3) is 22.1 Å². The van der Waals surface area contributed by atoms with Crippen LogP contribution in [-0.4, -0.2) is 19.7 Å². The van der Waals surface area contributed by atoms with Gasteiger partial charge in [0, 0.05) is 11.6 Å². The number of benzene rings is 3. The highest BCUT2D eigenvalue weighted by atomic mass is 19.1. The highest BCUT2D eigenvalue weighted by molar-refractivity contribution is 5.97. The summed E-state index contributed by atoms with van der Waals surface area (Å²) in [5.74, 6) is -0.358. The molecule has 4 aromatic rings. The predicted molar refractivity (Wildman–Crippen MR) is 121 cm³/mol. The number of esters is 1. The summed E-state index contributed by atoms with van der Waals surface area (Å²) < 4.78 is 35.7. The molecule has 0 unspecified atom stereocenters. The number of ether oxygens (including phenoxy) is 3. The summed E-state index contributed by atoms with van der Waals surface area (Å²) in [5, 5.41) is 0.270. The number of rotatable bonds is 7. The van der Waals surface area contributed by atoms with Crippen molar-refractivity contribution in [3.63, 3.8) is 0 Å². The van der Waals surface area contributed by atoms with E-state index in [1.807, 2.05) is 0 Å². The molecule has 0 fully saturated rings. The maximum atomic E-state index is 13.9. The fraction of sp³-hybridized carbons (Fsp3) is 0.154. The lowest BCUT2D eigenvalue weighted by Gasteiger charge is -2.11. The van der Waals surface area contributed by atoms with E-state index < -0.39 is 5.97 Å². The quantitative estimate of drug-likeness (QED) is 0.354. The van der Waals surface area contributed by atoms with Crippen molar-refractivity contribution in [3.8, 4) is 22.6 Å². The van der Waals surface area contributed by atoms with E-state index in [1.165, 1.54) is 19.2 Å². The van der Waals surface area contributed by atoms with Gasteiger partial charge in [-0.25, -0.2) is 9.18 Å². The Kier molecular flexibility index (Phi) is 6.40. The zero-order valence-electron chi connectivity index (χ0n) is 18.1. The summed E-state index contributed by atoms with van der Waals surface area (Å²) in [5.41, 5.74) is 0.760. The van der Waals surface area contributed by atoms with Crippen LogP contribution in [0.3, 0.4) is 0 Å². The van der Waals surface area contributed by atoms with E-state index in [0.717, 1.165) is 0 Å². The third-order valence-corrected chi connectivity index (χ3v) is 5.06. The SMILES string of the molecule is CCOC(=O)c1oc2cc(OCc3ccccc3F)ccc2c(=O)c1-c1ccc(OC)cc1. The summed E-state index contributed by atoms with van der Waals surface area (Å²) in [4.78, 5) is 26.0. The second-order valence-electron chi connectivity index (χ2n) is 7.12. The third kappa shape index (κ3) is 4.57. The summed E-state index contributed by atoms with van der Waals surface area (Å²) in [6.45, 7) is 1.78. The fourth-order valence-corrected chi connectivity index (χ4v) is 3.40. The molecular weight excluding hydrogens is 427 g/mol. The van der Waals surface area contributed by atoms with E-state index in [9.17, 15) is 14.0 Å². The molecule has 0 spiro atoms. The van der Waals surface area contributed by atoms with Crippen LogP contribution >= 0.6 is 0 Å². The maximum absolute atomic E-state index is 13.9. The number of carbonyl (C=O) groups excluding carboxylic acids is 1. The Morgan fingerprint density at radius 1 is 1.00 bits per heavy atom. The molecule has 1 aromatic heterocycles. The Morgan fingerprint density at radius 3 is 2.42 bits per heavy atom. The minimum atomic E-state index is -0.750. The van der Waals surface area contributed by atoms with E-state index in [0.29, 0.717) is 22.6 Å². The van der Waals surface area contributed by atoms with Crippen LogP contribution in [0.4, 0.5) is 4.39 Å². The Balaban J connectivity index is 1.78. The van der Waals surface area contributed by atoms with Gasteiger partial charge >= 0.3 is 5.97 Å². The minimum Gasteiger partial charge on any atom is -0.497 e. The first-order valence-corrected chi connectivity index (χ1v) is 10.3. The van der Waals surface area contributed by atoms with Crippen LogP contribution in [0.2, 0.25) is 0 Å². The van der Waals surface area contributed by atoms with Crippen LogP contribution in [0.15, 0.2) is 75.9 Å². The molecule has 0 radical (unpaired) electrons. The molecule has 0 aliphatic heterocycles. The van der Waals surface area contributed by atoms with Crippen LogP contribution in [0, 0.1) is 5.82 Å². The molecule has 3 aromatic carbocycles. The van der Waals surface area contributed by atoms with Crippen molar-refractivity contribution >= 4 is 16.9 Å². The fourth-order valence-electron chi connectivity index (χ4n) is 3.40. The molecule has 6 nitrogen and oxygen atoms in total. The number of hydrogen-bond acceptors (Lipinski definition) is 6. The largest absolute Gasteiger partial charge is 0.497 e. The second-order valence-corrected chi connectivity index (χ2v) is 7.12. The standard InChI is InChI=1S/C26H21FO6/c1-3-31-26(29)25-23(16-8-10-18(30-2)11-9-16)24(28)20-13-12-19(14-22(20)33-25)32-15-17-6-4-5-7-21(17)27/h4-14H,3,15H2,1-2H3. The Morgan fingerprint density at radius 2 is 1.73 bits per heavy atom. The van der Waals surface area contributed by atoms with Crippen molar-refractivity contribution in [3.05, 3.63) is 94.1 Å². The van der Waals surface area contributed by atoms with Crippen LogP contribution in [0.1, 0.15) is 23.0 Å². The molecule has 4 rings (SSSR count). The van der Waals surface area contributed by atoms with E-state index in [2.05, 4.69) is 0 Å². The Bertz CT molecular complexity index is 1360. The first kappa shape index (κ1) is 22.1. The topological polar surface area (TPSA) is 75.0 Å². The first-order chi connectivity index (χ1) is 16.0. The van der Waals surface area contributed by atoms with Gasteiger partial charge < -0.3 is 18.6 Å². The molecule has 0 N–H and O–H groups in total. The Hall–Kier alpha value is -4.13. The van der Waals surface area contributed by atoms with Gasteiger partial charge in [0.15, 0.2) is 0 Å². The lowest BCUT2D eigenvalue weighted by atomic mass is 10.0. The van der Waals surface area contributed by atoms with Crippen LogP contribution in [0.5, 0.6) is 11.5 Å². The van der Waals surface area contributed by atoms with Crippen molar-refractivity contribution < 1.29 is 27.8 Å². The average Bonchev–Trinajstić information content (AvgIpc) is 2.83. The molecule has 33 heavy (non-hydrogen) atoms. The molecular formula is C26H21FO6. The third-order valence-electron chi connectivity index (χ3n) is 5.06. The number of halogens is 1. The molecule has 0 amide bonds. The van der Waals surface area contributed by atoms with Crippen LogP contribution in [-0.2, 0) is 11.3 Å². The second kappa shape index (κ2) is 9.56. The zero-order valence-corrected chi connectivity index (χ0v) is 18.1. The van der Waals surface area contributed by atoms with Gasteiger partial charge in [0.1, 0.15) is 29.5 Å².